The molecule has 0 aliphatic rings. The van der Waals surface area contributed by atoms with E-state index >= 15 is 0 Å². The highest BCUT2D eigenvalue weighted by molar-refractivity contribution is 7.92. The number of benzene rings is 1. The van der Waals surface area contributed by atoms with E-state index in [-0.39, 0.29) is 20.0 Å². The molecule has 0 bridgehead atoms. The van der Waals surface area contributed by atoms with Crippen LogP contribution in [0.25, 0.3) is 22.2 Å². The zero-order valence-corrected chi connectivity index (χ0v) is 18.4. The Bertz CT molecular complexity index is 1460. The van der Waals surface area contributed by atoms with Crippen LogP contribution < -0.4 is 15.7 Å². The summed E-state index contributed by atoms with van der Waals surface area (Å²) in [4.78, 5) is 50.7. The first-order valence-electron chi connectivity index (χ1n) is 9.25. The third-order valence-corrected chi connectivity index (χ3v) is 5.86. The minimum atomic E-state index is -4.34. The summed E-state index contributed by atoms with van der Waals surface area (Å²) in [6, 6.07) is 4.76. The summed E-state index contributed by atoms with van der Waals surface area (Å²) in [5.74, 6) is -1.82. The first-order chi connectivity index (χ1) is 14.4. The molecule has 0 saturated heterocycles. The van der Waals surface area contributed by atoms with Gasteiger partial charge in [-0.3, -0.25) is 19.1 Å². The first-order valence-corrected chi connectivity index (χ1v) is 11.1. The van der Waals surface area contributed by atoms with Crippen LogP contribution in [0.3, 0.4) is 0 Å². The number of aromatic nitrogens is 4. The van der Waals surface area contributed by atoms with Gasteiger partial charge < -0.3 is 0 Å². The molecule has 0 atom stereocenters. The first kappa shape index (κ1) is 22.2. The Balaban J connectivity index is 2.60. The molecule has 31 heavy (non-hydrogen) atoms. The minimum absolute atomic E-state index is 0.0264. The second kappa shape index (κ2) is 7.61. The summed E-state index contributed by atoms with van der Waals surface area (Å²) in [6.07, 6.45) is 2.78. The van der Waals surface area contributed by atoms with Crippen molar-refractivity contribution in [2.75, 3.05) is 10.7 Å². The summed E-state index contributed by atoms with van der Waals surface area (Å²) in [7, 11) is -2.62. The highest BCUT2D eigenvalue weighted by Gasteiger charge is 2.29. The van der Waals surface area contributed by atoms with Crippen LogP contribution in [0.15, 0.2) is 34.0 Å². The van der Waals surface area contributed by atoms with Crippen molar-refractivity contribution in [3.8, 4) is 11.3 Å². The van der Waals surface area contributed by atoms with Gasteiger partial charge in [-0.1, -0.05) is 6.92 Å². The Morgan fingerprint density at radius 3 is 2.26 bits per heavy atom. The number of hydrogen-bond acceptors (Lipinski definition) is 7. The van der Waals surface area contributed by atoms with Crippen LogP contribution in [0.5, 0.6) is 0 Å². The Kier molecular flexibility index (Phi) is 5.44. The maximum atomic E-state index is 13.3. The summed E-state index contributed by atoms with van der Waals surface area (Å²) in [6.45, 7) is 3.88. The van der Waals surface area contributed by atoms with Gasteiger partial charge in [0.25, 0.3) is 21.5 Å². The maximum absolute atomic E-state index is 13.3. The van der Waals surface area contributed by atoms with Crippen molar-refractivity contribution in [3.63, 3.8) is 0 Å². The number of fused-ring (bicyclic) bond motifs is 1. The number of rotatable bonds is 4. The number of carbonyl (C=O) groups is 2. The van der Waals surface area contributed by atoms with Gasteiger partial charge in [0.05, 0.1) is 22.9 Å². The van der Waals surface area contributed by atoms with Gasteiger partial charge in [-0.15, -0.1) is 9.09 Å². The lowest BCUT2D eigenvalue weighted by Gasteiger charge is -2.21. The largest absolute Gasteiger partial charge is 0.358 e. The van der Waals surface area contributed by atoms with E-state index in [1.54, 1.807) is 30.1 Å². The fourth-order valence-corrected chi connectivity index (χ4v) is 4.45. The summed E-state index contributed by atoms with van der Waals surface area (Å²) in [5, 5.41) is 4.02. The minimum Gasteiger partial charge on any atom is -0.274 e. The number of nitrogens with zero attached hydrogens (tertiary/aromatic N) is 5. The Labute approximate surface area is 177 Å². The van der Waals surface area contributed by atoms with E-state index in [0.717, 1.165) is 19.4 Å². The second-order valence-electron chi connectivity index (χ2n) is 7.00. The van der Waals surface area contributed by atoms with Crippen molar-refractivity contribution >= 4 is 32.7 Å². The molecular weight excluding hydrogens is 426 g/mol. The highest BCUT2D eigenvalue weighted by atomic mass is 32.2. The molecule has 0 saturated carbocycles. The molecule has 0 fully saturated rings. The normalized spacial score (nSPS) is 11.6. The Hall–Kier alpha value is -3.54. The van der Waals surface area contributed by atoms with E-state index in [2.05, 4.69) is 5.10 Å². The number of carbonyl (C=O) groups excluding carboxylic acids is 2. The Morgan fingerprint density at radius 2 is 1.81 bits per heavy atom. The van der Waals surface area contributed by atoms with Crippen LogP contribution in [0.4, 0.5) is 0 Å². The number of amides is 1. The standard InChI is InChI=1S/C19H21N5O6S/c1-6-13-9-17-15(10-14(13)16-7-8-20-21(16)4)18(27)23(19(28)22(17)11(2)25)24(12(3)26)31(5,29)30/h7-10H,6H2,1-5H3. The van der Waals surface area contributed by atoms with Gasteiger partial charge in [0, 0.05) is 32.7 Å². The monoisotopic (exact) mass is 447 g/mol. The summed E-state index contributed by atoms with van der Waals surface area (Å²) in [5.41, 5.74) is -0.212. The highest BCUT2D eigenvalue weighted by Crippen LogP contribution is 2.27. The molecule has 0 aliphatic heterocycles. The van der Waals surface area contributed by atoms with Crippen LogP contribution in [-0.2, 0) is 28.3 Å². The molecule has 0 N–H and O–H groups in total. The molecule has 0 unspecified atom stereocenters. The molecule has 12 heteroatoms. The van der Waals surface area contributed by atoms with Gasteiger partial charge in [-0.05, 0) is 30.2 Å². The third-order valence-electron chi connectivity index (χ3n) is 4.82. The smallest absolute Gasteiger partial charge is 0.274 e. The van der Waals surface area contributed by atoms with Crippen molar-refractivity contribution in [2.45, 2.75) is 27.2 Å². The average molecular weight is 447 g/mol. The van der Waals surface area contributed by atoms with Gasteiger partial charge in [0.1, 0.15) is 0 Å². The van der Waals surface area contributed by atoms with Crippen molar-refractivity contribution in [3.05, 3.63) is 50.8 Å². The summed E-state index contributed by atoms with van der Waals surface area (Å²) < 4.78 is 26.9. The lowest BCUT2D eigenvalue weighted by Crippen LogP contribution is -2.57. The molecule has 2 heterocycles. The number of sulfonamides is 1. The summed E-state index contributed by atoms with van der Waals surface area (Å²) >= 11 is 0. The van der Waals surface area contributed by atoms with E-state index in [0.29, 0.717) is 28.5 Å². The predicted molar refractivity (Wildman–Crippen MR) is 114 cm³/mol. The van der Waals surface area contributed by atoms with Crippen LogP contribution in [0.1, 0.15) is 31.1 Å². The van der Waals surface area contributed by atoms with Crippen molar-refractivity contribution in [1.82, 2.24) is 19.0 Å². The Morgan fingerprint density at radius 1 is 1.16 bits per heavy atom. The molecule has 1 amide bonds. The van der Waals surface area contributed by atoms with E-state index in [9.17, 15) is 27.6 Å². The van der Waals surface area contributed by atoms with Crippen LogP contribution in [0, 0.1) is 0 Å². The second-order valence-corrected chi connectivity index (χ2v) is 8.81. The van der Waals surface area contributed by atoms with E-state index in [4.69, 9.17) is 0 Å². The average Bonchev–Trinajstić information content (AvgIpc) is 3.08. The molecule has 0 aliphatic carbocycles. The predicted octanol–water partition coefficient (Wildman–Crippen LogP) is 0.230. The lowest BCUT2D eigenvalue weighted by molar-refractivity contribution is -0.116. The maximum Gasteiger partial charge on any atom is 0.358 e. The number of aryl methyl sites for hydroxylation is 2. The fraction of sp³-hybridized carbons (Fsp3) is 0.316. The van der Waals surface area contributed by atoms with Gasteiger partial charge >= 0.3 is 5.69 Å². The van der Waals surface area contributed by atoms with Crippen LogP contribution in [0.2, 0.25) is 0 Å². The fourth-order valence-electron chi connectivity index (χ4n) is 3.54. The van der Waals surface area contributed by atoms with Crippen molar-refractivity contribution in [1.29, 1.82) is 0 Å². The molecule has 3 aromatic rings. The van der Waals surface area contributed by atoms with Crippen molar-refractivity contribution in [2.24, 2.45) is 7.05 Å². The zero-order chi connectivity index (χ0) is 23.2. The molecule has 0 spiro atoms. The van der Waals surface area contributed by atoms with Gasteiger partial charge in [0.2, 0.25) is 5.91 Å². The SMILES string of the molecule is CCc1cc2c(cc1-c1ccnn1C)c(=O)n(N(C(C)=O)S(C)(=O)=O)c(=O)n2C(C)=O. The quantitative estimate of drug-likeness (QED) is 0.559. The van der Waals surface area contributed by atoms with Gasteiger partial charge in [-0.25, -0.2) is 17.8 Å². The molecule has 164 valence electrons. The van der Waals surface area contributed by atoms with E-state index < -0.39 is 33.1 Å². The lowest BCUT2D eigenvalue weighted by atomic mass is 9.99. The third kappa shape index (κ3) is 3.58. The van der Waals surface area contributed by atoms with Crippen LogP contribution >= 0.6 is 0 Å². The van der Waals surface area contributed by atoms with Gasteiger partial charge in [0.15, 0.2) is 0 Å². The topological polar surface area (TPSA) is 133 Å². The van der Waals surface area contributed by atoms with E-state index in [1.165, 1.54) is 6.07 Å². The number of hydrogen-bond donors (Lipinski definition) is 0. The molecule has 2 aromatic heterocycles. The van der Waals surface area contributed by atoms with Gasteiger partial charge in [-0.2, -0.15) is 5.10 Å². The molecule has 11 nitrogen and oxygen atoms in total. The zero-order valence-electron chi connectivity index (χ0n) is 17.6. The van der Waals surface area contributed by atoms with Crippen LogP contribution in [-0.4, -0.2) is 45.5 Å². The molecule has 0 radical (unpaired) electrons. The molecule has 1 aromatic carbocycles. The van der Waals surface area contributed by atoms with E-state index in [1.807, 2.05) is 6.92 Å². The molecule has 3 rings (SSSR count). The molecular formula is C19H21N5O6S. The van der Waals surface area contributed by atoms with Crippen molar-refractivity contribution < 1.29 is 18.0 Å².